The van der Waals surface area contributed by atoms with E-state index in [0.29, 0.717) is 0 Å². The Kier molecular flexibility index (Phi) is 5.80. The van der Waals surface area contributed by atoms with Crippen molar-refractivity contribution in [3.63, 3.8) is 0 Å². The molecule has 0 bridgehead atoms. The molecule has 2 atom stereocenters. The van der Waals surface area contributed by atoms with E-state index >= 15 is 0 Å². The first kappa shape index (κ1) is 16.0. The van der Waals surface area contributed by atoms with Gasteiger partial charge in [0, 0.05) is 24.7 Å². The fourth-order valence-corrected chi connectivity index (χ4v) is 3.34. The van der Waals surface area contributed by atoms with Crippen LogP contribution in [0, 0.1) is 0 Å². The van der Waals surface area contributed by atoms with Crippen molar-refractivity contribution in [2.45, 2.75) is 65.0 Å². The molecule has 0 radical (unpaired) electrons. The van der Waals surface area contributed by atoms with Crippen molar-refractivity contribution < 1.29 is 4.79 Å². The van der Waals surface area contributed by atoms with E-state index in [1.807, 2.05) is 12.1 Å². The van der Waals surface area contributed by atoms with E-state index in [-0.39, 0.29) is 5.91 Å². The SMILES string of the molecule is CC(=O)Nc1ccc(CCCN2C(C)CCCC2C)cc1. The molecule has 0 saturated carbocycles. The first-order valence-electron chi connectivity index (χ1n) is 8.18. The third-order valence-electron chi connectivity index (χ3n) is 4.53. The molecule has 1 fully saturated rings. The number of rotatable bonds is 5. The highest BCUT2D eigenvalue weighted by Crippen LogP contribution is 2.22. The van der Waals surface area contributed by atoms with Crippen LogP contribution in [0.3, 0.4) is 0 Å². The number of anilines is 1. The molecule has 2 unspecified atom stereocenters. The molecule has 1 aromatic carbocycles. The average Bonchev–Trinajstić information content (AvgIpc) is 2.43. The van der Waals surface area contributed by atoms with Crippen molar-refractivity contribution in [1.29, 1.82) is 0 Å². The van der Waals surface area contributed by atoms with E-state index in [9.17, 15) is 4.79 Å². The zero-order valence-corrected chi connectivity index (χ0v) is 13.6. The Balaban J connectivity index is 1.79. The Morgan fingerprint density at radius 2 is 1.81 bits per heavy atom. The van der Waals surface area contributed by atoms with Gasteiger partial charge in [-0.2, -0.15) is 0 Å². The van der Waals surface area contributed by atoms with Gasteiger partial charge in [0.25, 0.3) is 0 Å². The van der Waals surface area contributed by atoms with Gasteiger partial charge < -0.3 is 5.32 Å². The van der Waals surface area contributed by atoms with Crippen molar-refractivity contribution in [1.82, 2.24) is 4.90 Å². The molecule has 3 nitrogen and oxygen atoms in total. The van der Waals surface area contributed by atoms with Crippen LogP contribution in [0.15, 0.2) is 24.3 Å². The summed E-state index contributed by atoms with van der Waals surface area (Å²) >= 11 is 0. The third kappa shape index (κ3) is 4.85. The molecule has 1 N–H and O–H groups in total. The molecule has 1 aliphatic rings. The second kappa shape index (κ2) is 7.60. The molecule has 21 heavy (non-hydrogen) atoms. The van der Waals surface area contributed by atoms with Crippen LogP contribution in [-0.4, -0.2) is 29.4 Å². The minimum Gasteiger partial charge on any atom is -0.326 e. The Bertz CT molecular complexity index is 445. The number of hydrogen-bond donors (Lipinski definition) is 1. The van der Waals surface area contributed by atoms with Gasteiger partial charge in [0.05, 0.1) is 0 Å². The maximum absolute atomic E-state index is 11.0. The number of carbonyl (C=O) groups excluding carboxylic acids is 1. The summed E-state index contributed by atoms with van der Waals surface area (Å²) < 4.78 is 0. The lowest BCUT2D eigenvalue weighted by Crippen LogP contribution is -2.44. The molecular weight excluding hydrogens is 260 g/mol. The number of aryl methyl sites for hydroxylation is 1. The lowest BCUT2D eigenvalue weighted by atomic mass is 9.97. The monoisotopic (exact) mass is 288 g/mol. The summed E-state index contributed by atoms with van der Waals surface area (Å²) in [7, 11) is 0. The normalized spacial score (nSPS) is 23.0. The van der Waals surface area contributed by atoms with Crippen LogP contribution in [0.25, 0.3) is 0 Å². The van der Waals surface area contributed by atoms with Gasteiger partial charge in [-0.15, -0.1) is 0 Å². The topological polar surface area (TPSA) is 32.3 Å². The molecule has 2 rings (SSSR count). The number of piperidine rings is 1. The fraction of sp³-hybridized carbons (Fsp3) is 0.611. The summed E-state index contributed by atoms with van der Waals surface area (Å²) in [6.45, 7) is 7.44. The summed E-state index contributed by atoms with van der Waals surface area (Å²) in [6, 6.07) is 9.68. The van der Waals surface area contributed by atoms with Crippen LogP contribution in [0.5, 0.6) is 0 Å². The van der Waals surface area contributed by atoms with Gasteiger partial charge in [-0.1, -0.05) is 18.6 Å². The predicted molar refractivity (Wildman–Crippen MR) is 88.5 cm³/mol. The summed E-state index contributed by atoms with van der Waals surface area (Å²) in [5.41, 5.74) is 2.23. The van der Waals surface area contributed by atoms with Crippen LogP contribution in [0.2, 0.25) is 0 Å². The summed E-state index contributed by atoms with van der Waals surface area (Å²) in [5.74, 6) is -0.0178. The first-order chi connectivity index (χ1) is 10.1. The number of carbonyl (C=O) groups is 1. The molecule has 0 aliphatic carbocycles. The number of amides is 1. The molecule has 1 saturated heterocycles. The number of benzene rings is 1. The number of hydrogen-bond acceptors (Lipinski definition) is 2. The highest BCUT2D eigenvalue weighted by molar-refractivity contribution is 5.88. The maximum atomic E-state index is 11.0. The quantitative estimate of drug-likeness (QED) is 0.893. The van der Waals surface area contributed by atoms with Crippen molar-refractivity contribution in [2.24, 2.45) is 0 Å². The van der Waals surface area contributed by atoms with E-state index in [0.717, 1.165) is 24.2 Å². The van der Waals surface area contributed by atoms with Crippen LogP contribution < -0.4 is 5.32 Å². The lowest BCUT2D eigenvalue weighted by Gasteiger charge is -2.39. The zero-order chi connectivity index (χ0) is 15.2. The highest BCUT2D eigenvalue weighted by atomic mass is 16.1. The maximum Gasteiger partial charge on any atom is 0.221 e. The Hall–Kier alpha value is -1.35. The minimum absolute atomic E-state index is 0.0178. The van der Waals surface area contributed by atoms with Crippen LogP contribution in [-0.2, 0) is 11.2 Å². The summed E-state index contributed by atoms with van der Waals surface area (Å²) in [4.78, 5) is 13.7. The van der Waals surface area contributed by atoms with Crippen LogP contribution in [0.4, 0.5) is 5.69 Å². The van der Waals surface area contributed by atoms with Gasteiger partial charge in [0.2, 0.25) is 5.91 Å². The molecule has 1 heterocycles. The number of nitrogens with one attached hydrogen (secondary N) is 1. The van der Waals surface area contributed by atoms with Gasteiger partial charge >= 0.3 is 0 Å². The zero-order valence-electron chi connectivity index (χ0n) is 13.6. The molecule has 0 spiro atoms. The largest absolute Gasteiger partial charge is 0.326 e. The third-order valence-corrected chi connectivity index (χ3v) is 4.53. The second-order valence-electron chi connectivity index (χ2n) is 6.35. The standard InChI is InChI=1S/C18H28N2O/c1-14-6-4-7-15(2)20(14)13-5-8-17-9-11-18(12-10-17)19-16(3)21/h9-12,14-15H,4-8,13H2,1-3H3,(H,19,21). The van der Waals surface area contributed by atoms with Crippen molar-refractivity contribution in [3.05, 3.63) is 29.8 Å². The molecule has 1 amide bonds. The summed E-state index contributed by atoms with van der Waals surface area (Å²) in [5, 5.41) is 2.80. The molecule has 116 valence electrons. The molecule has 3 heteroatoms. The lowest BCUT2D eigenvalue weighted by molar-refractivity contribution is -0.114. The van der Waals surface area contributed by atoms with Crippen molar-refractivity contribution in [3.8, 4) is 0 Å². The molecule has 0 aromatic heterocycles. The highest BCUT2D eigenvalue weighted by Gasteiger charge is 2.23. The molecule has 1 aliphatic heterocycles. The van der Waals surface area contributed by atoms with E-state index in [1.54, 1.807) is 0 Å². The van der Waals surface area contributed by atoms with Crippen molar-refractivity contribution >= 4 is 11.6 Å². The Labute approximate surface area is 128 Å². The number of nitrogens with zero attached hydrogens (tertiary/aromatic N) is 1. The first-order valence-corrected chi connectivity index (χ1v) is 8.18. The van der Waals surface area contributed by atoms with Gasteiger partial charge in [0.15, 0.2) is 0 Å². The Morgan fingerprint density at radius 3 is 2.38 bits per heavy atom. The van der Waals surface area contributed by atoms with Crippen molar-refractivity contribution in [2.75, 3.05) is 11.9 Å². The van der Waals surface area contributed by atoms with E-state index in [1.165, 1.54) is 44.7 Å². The van der Waals surface area contributed by atoms with E-state index in [4.69, 9.17) is 0 Å². The second-order valence-corrected chi connectivity index (χ2v) is 6.35. The van der Waals surface area contributed by atoms with Gasteiger partial charge in [0.1, 0.15) is 0 Å². The van der Waals surface area contributed by atoms with E-state index in [2.05, 4.69) is 36.2 Å². The van der Waals surface area contributed by atoms with Gasteiger partial charge in [-0.3, -0.25) is 9.69 Å². The van der Waals surface area contributed by atoms with E-state index < -0.39 is 0 Å². The van der Waals surface area contributed by atoms with Gasteiger partial charge in [-0.05, 0) is 63.8 Å². The molecule has 1 aromatic rings. The van der Waals surface area contributed by atoms with Gasteiger partial charge in [-0.25, -0.2) is 0 Å². The molecular formula is C18H28N2O. The summed E-state index contributed by atoms with van der Waals surface area (Å²) in [6.07, 6.45) is 6.37. The smallest absolute Gasteiger partial charge is 0.221 e. The van der Waals surface area contributed by atoms with Crippen LogP contribution >= 0.6 is 0 Å². The predicted octanol–water partition coefficient (Wildman–Crippen LogP) is 3.84. The number of likely N-dealkylation sites (tertiary alicyclic amines) is 1. The van der Waals surface area contributed by atoms with Crippen LogP contribution in [0.1, 0.15) is 52.0 Å². The Morgan fingerprint density at radius 1 is 1.19 bits per heavy atom. The fourth-order valence-electron chi connectivity index (χ4n) is 3.34. The average molecular weight is 288 g/mol. The minimum atomic E-state index is -0.0178.